The summed E-state index contributed by atoms with van der Waals surface area (Å²) in [5.74, 6) is 0.602. The van der Waals surface area contributed by atoms with Gasteiger partial charge in [0.2, 0.25) is 5.13 Å². The fourth-order valence-corrected chi connectivity index (χ4v) is 4.59. The van der Waals surface area contributed by atoms with Gasteiger partial charge in [0.15, 0.2) is 5.01 Å². The lowest BCUT2D eigenvalue weighted by atomic mass is 10.2. The molecule has 3 aromatic heterocycles. The molecular formula is C12H10N4S3. The minimum absolute atomic E-state index is 0.517. The third-order valence-electron chi connectivity index (χ3n) is 2.98. The summed E-state index contributed by atoms with van der Waals surface area (Å²) < 4.78 is 0. The summed E-state index contributed by atoms with van der Waals surface area (Å²) in [7, 11) is 0. The Hall–Kier alpha value is -1.31. The Morgan fingerprint density at radius 2 is 2.05 bits per heavy atom. The van der Waals surface area contributed by atoms with Crippen molar-refractivity contribution in [2.75, 3.05) is 5.73 Å². The standard InChI is InChI=1S/C12H10N4S3/c13-12-16-15-11(19-12)9-8(6-3-4-6)14-10(18-9)7-2-1-5-17-7/h1-2,5-6H,3-4H2,(H2,13,16). The number of hydrogen-bond acceptors (Lipinski definition) is 7. The molecule has 0 aliphatic heterocycles. The molecule has 4 rings (SSSR count). The van der Waals surface area contributed by atoms with Crippen LogP contribution in [0.25, 0.3) is 19.8 Å². The van der Waals surface area contributed by atoms with Gasteiger partial charge in [0.25, 0.3) is 0 Å². The summed E-state index contributed by atoms with van der Waals surface area (Å²) in [4.78, 5) is 7.20. The fourth-order valence-electron chi connectivity index (χ4n) is 1.95. The van der Waals surface area contributed by atoms with E-state index in [1.165, 1.54) is 34.7 Å². The summed E-state index contributed by atoms with van der Waals surface area (Å²) >= 11 is 4.86. The SMILES string of the molecule is Nc1nnc(-c2sc(-c3cccs3)nc2C2CC2)s1. The first kappa shape index (κ1) is 11.5. The molecule has 1 aliphatic carbocycles. The highest BCUT2D eigenvalue weighted by Gasteiger charge is 2.31. The number of nitrogen functional groups attached to an aromatic ring is 1. The van der Waals surface area contributed by atoms with Crippen LogP contribution in [-0.4, -0.2) is 15.2 Å². The van der Waals surface area contributed by atoms with E-state index in [-0.39, 0.29) is 0 Å². The summed E-state index contributed by atoms with van der Waals surface area (Å²) in [6.45, 7) is 0. The van der Waals surface area contributed by atoms with E-state index in [1.807, 2.05) is 0 Å². The molecule has 96 valence electrons. The van der Waals surface area contributed by atoms with E-state index < -0.39 is 0 Å². The van der Waals surface area contributed by atoms with Gasteiger partial charge in [-0.05, 0) is 24.3 Å². The molecule has 4 nitrogen and oxygen atoms in total. The van der Waals surface area contributed by atoms with Gasteiger partial charge in [-0.25, -0.2) is 4.98 Å². The Kier molecular flexibility index (Phi) is 2.64. The van der Waals surface area contributed by atoms with Crippen LogP contribution in [-0.2, 0) is 0 Å². The third-order valence-corrected chi connectivity index (χ3v) is 6.00. The number of rotatable bonds is 3. The van der Waals surface area contributed by atoms with Crippen LogP contribution in [0, 0.1) is 0 Å². The van der Waals surface area contributed by atoms with Crippen LogP contribution in [0.3, 0.4) is 0 Å². The van der Waals surface area contributed by atoms with Crippen molar-refractivity contribution in [3.05, 3.63) is 23.2 Å². The second kappa shape index (κ2) is 4.36. The summed E-state index contributed by atoms with van der Waals surface area (Å²) in [6.07, 6.45) is 2.46. The highest BCUT2D eigenvalue weighted by atomic mass is 32.1. The van der Waals surface area contributed by atoms with E-state index >= 15 is 0 Å². The van der Waals surface area contributed by atoms with Gasteiger partial charge in [-0.15, -0.1) is 32.9 Å². The third kappa shape index (κ3) is 2.07. The van der Waals surface area contributed by atoms with E-state index in [0.29, 0.717) is 11.0 Å². The topological polar surface area (TPSA) is 64.7 Å². The summed E-state index contributed by atoms with van der Waals surface area (Å²) in [6, 6.07) is 4.17. The van der Waals surface area contributed by atoms with Crippen molar-refractivity contribution in [1.82, 2.24) is 15.2 Å². The lowest BCUT2D eigenvalue weighted by Crippen LogP contribution is -1.83. The Morgan fingerprint density at radius 3 is 2.68 bits per heavy atom. The fraction of sp³-hybridized carbons (Fsp3) is 0.250. The molecule has 0 radical (unpaired) electrons. The smallest absolute Gasteiger partial charge is 0.203 e. The molecular weight excluding hydrogens is 296 g/mol. The van der Waals surface area contributed by atoms with Crippen molar-refractivity contribution >= 4 is 39.1 Å². The Morgan fingerprint density at radius 1 is 1.16 bits per heavy atom. The van der Waals surface area contributed by atoms with Gasteiger partial charge in [-0.3, -0.25) is 0 Å². The zero-order valence-corrected chi connectivity index (χ0v) is 12.3. The minimum atomic E-state index is 0.517. The van der Waals surface area contributed by atoms with Crippen molar-refractivity contribution in [2.24, 2.45) is 0 Å². The maximum atomic E-state index is 5.69. The maximum Gasteiger partial charge on any atom is 0.203 e. The first-order valence-corrected chi connectivity index (χ1v) is 8.46. The van der Waals surface area contributed by atoms with E-state index in [1.54, 1.807) is 22.7 Å². The van der Waals surface area contributed by atoms with Crippen LogP contribution >= 0.6 is 34.0 Å². The maximum absolute atomic E-state index is 5.69. The molecule has 0 saturated heterocycles. The molecule has 19 heavy (non-hydrogen) atoms. The Balaban J connectivity index is 1.84. The molecule has 3 aromatic rings. The molecule has 3 heterocycles. The number of nitrogens with zero attached hydrogens (tertiary/aromatic N) is 3. The lowest BCUT2D eigenvalue weighted by Gasteiger charge is -1.93. The predicted octanol–water partition coefficient (Wildman–Crippen LogP) is 3.85. The van der Waals surface area contributed by atoms with E-state index in [0.717, 1.165) is 14.9 Å². The molecule has 7 heteroatoms. The number of aromatic nitrogens is 3. The van der Waals surface area contributed by atoms with Gasteiger partial charge >= 0.3 is 0 Å². The van der Waals surface area contributed by atoms with E-state index in [9.17, 15) is 0 Å². The van der Waals surface area contributed by atoms with E-state index in [2.05, 4.69) is 27.7 Å². The molecule has 0 spiro atoms. The highest BCUT2D eigenvalue weighted by Crippen LogP contribution is 2.48. The summed E-state index contributed by atoms with van der Waals surface area (Å²) in [5.41, 5.74) is 6.88. The zero-order valence-electron chi connectivity index (χ0n) is 9.87. The second-order valence-electron chi connectivity index (χ2n) is 4.43. The van der Waals surface area contributed by atoms with Crippen LogP contribution in [0.2, 0.25) is 0 Å². The molecule has 0 atom stereocenters. The molecule has 2 N–H and O–H groups in total. The molecule has 1 fully saturated rings. The number of nitrogens with two attached hydrogens (primary N) is 1. The molecule has 0 amide bonds. The molecule has 0 bridgehead atoms. The normalized spacial score (nSPS) is 14.9. The number of anilines is 1. The predicted molar refractivity (Wildman–Crippen MR) is 80.7 cm³/mol. The second-order valence-corrected chi connectivity index (χ2v) is 7.39. The molecule has 1 saturated carbocycles. The van der Waals surface area contributed by atoms with Crippen molar-refractivity contribution in [3.8, 4) is 19.8 Å². The van der Waals surface area contributed by atoms with Gasteiger partial charge in [0.05, 0.1) is 15.4 Å². The van der Waals surface area contributed by atoms with Crippen molar-refractivity contribution in [2.45, 2.75) is 18.8 Å². The lowest BCUT2D eigenvalue weighted by molar-refractivity contribution is 1.05. The quantitative estimate of drug-likeness (QED) is 0.798. The average Bonchev–Trinajstić information content (AvgIpc) is 2.87. The molecule has 1 aliphatic rings. The Bertz CT molecular complexity index is 709. The van der Waals surface area contributed by atoms with Crippen LogP contribution in [0.5, 0.6) is 0 Å². The zero-order chi connectivity index (χ0) is 12.8. The summed E-state index contributed by atoms with van der Waals surface area (Å²) in [5, 5.41) is 12.7. The monoisotopic (exact) mass is 306 g/mol. The van der Waals surface area contributed by atoms with Crippen molar-refractivity contribution in [1.29, 1.82) is 0 Å². The first-order chi connectivity index (χ1) is 9.31. The van der Waals surface area contributed by atoms with Gasteiger partial charge in [-0.1, -0.05) is 17.4 Å². The minimum Gasteiger partial charge on any atom is -0.374 e. The van der Waals surface area contributed by atoms with Crippen LogP contribution in [0.15, 0.2) is 17.5 Å². The van der Waals surface area contributed by atoms with Gasteiger partial charge in [-0.2, -0.15) is 0 Å². The number of thiophene rings is 1. The molecule has 0 unspecified atom stereocenters. The van der Waals surface area contributed by atoms with Gasteiger partial charge in [0.1, 0.15) is 5.01 Å². The molecule has 0 aromatic carbocycles. The van der Waals surface area contributed by atoms with Gasteiger partial charge < -0.3 is 5.73 Å². The van der Waals surface area contributed by atoms with Crippen molar-refractivity contribution in [3.63, 3.8) is 0 Å². The first-order valence-electron chi connectivity index (χ1n) is 5.95. The number of thiazole rings is 1. The Labute approximate surface area is 122 Å². The van der Waals surface area contributed by atoms with Crippen LogP contribution in [0.4, 0.5) is 5.13 Å². The highest BCUT2D eigenvalue weighted by molar-refractivity contribution is 7.26. The van der Waals surface area contributed by atoms with E-state index in [4.69, 9.17) is 10.7 Å². The van der Waals surface area contributed by atoms with Gasteiger partial charge in [0, 0.05) is 5.92 Å². The number of hydrogen-bond donors (Lipinski definition) is 1. The van der Waals surface area contributed by atoms with Crippen LogP contribution < -0.4 is 5.73 Å². The average molecular weight is 306 g/mol. The van der Waals surface area contributed by atoms with Crippen molar-refractivity contribution < 1.29 is 0 Å². The largest absolute Gasteiger partial charge is 0.374 e. The van der Waals surface area contributed by atoms with Crippen LogP contribution in [0.1, 0.15) is 24.5 Å².